The largest absolute Gasteiger partial charge is 0.508 e. The van der Waals surface area contributed by atoms with Crippen LogP contribution >= 0.6 is 77.0 Å². The summed E-state index contributed by atoms with van der Waals surface area (Å²) in [4.78, 5) is 32.5. The van der Waals surface area contributed by atoms with Gasteiger partial charge in [-0.2, -0.15) is 0 Å². The average Bonchev–Trinajstić information content (AvgIpc) is 0.783. The molecule has 0 radical (unpaired) electrons. The van der Waals surface area contributed by atoms with Crippen LogP contribution in [-0.2, 0) is 14.4 Å². The van der Waals surface area contributed by atoms with Crippen LogP contribution in [0.4, 0.5) is 22.0 Å². The van der Waals surface area contributed by atoms with Gasteiger partial charge in [-0.3, -0.25) is 9.59 Å². The van der Waals surface area contributed by atoms with E-state index in [9.17, 15) is 46.5 Å². The van der Waals surface area contributed by atoms with Crippen molar-refractivity contribution < 1.29 is 84.4 Å². The van der Waals surface area contributed by atoms with Gasteiger partial charge in [0.2, 0.25) is 0 Å². The van der Waals surface area contributed by atoms with E-state index < -0.39 is 51.7 Å². The van der Waals surface area contributed by atoms with Crippen molar-refractivity contribution >= 4 is 172 Å². The minimum Gasteiger partial charge on any atom is -0.508 e. The molecule has 0 unspecified atom stereocenters. The van der Waals surface area contributed by atoms with Crippen molar-refractivity contribution in [1.82, 2.24) is 0 Å². The molecule has 648 valence electrons. The van der Waals surface area contributed by atoms with Crippen LogP contribution in [0.5, 0.6) is 57.5 Å². The first-order valence-electron chi connectivity index (χ1n) is 39.9. The van der Waals surface area contributed by atoms with Crippen molar-refractivity contribution in [1.29, 1.82) is 0 Å². The molecule has 122 heavy (non-hydrogen) atoms. The number of aryl methyl sites for hydroxylation is 1. The van der Waals surface area contributed by atoms with Gasteiger partial charge in [0.05, 0.1) is 12.5 Å². The summed E-state index contributed by atoms with van der Waals surface area (Å²) in [5, 5.41) is 18.4. The van der Waals surface area contributed by atoms with Crippen LogP contribution in [0.25, 0.3) is 54.7 Å². The fourth-order valence-electron chi connectivity index (χ4n) is 11.7. The first-order chi connectivity index (χ1) is 58.9. The van der Waals surface area contributed by atoms with Crippen molar-refractivity contribution in [3.63, 3.8) is 0 Å². The molecule has 0 aliphatic carbocycles. The maximum atomic E-state index is 13.1. The summed E-state index contributed by atoms with van der Waals surface area (Å²) >= 11 is 8.32. The number of unbranched alkanes of at least 4 members (excludes halogenated alkanes) is 3. The summed E-state index contributed by atoms with van der Waals surface area (Å²) in [6.07, 6.45) is 25.2. The number of rotatable bonds is 37. The Hall–Kier alpha value is -9.22. The number of phenols is 2. The fourth-order valence-corrected chi connectivity index (χ4v) is 30.8. The molecule has 0 amide bonds. The summed E-state index contributed by atoms with van der Waals surface area (Å²) in [5.74, 6) is 4.82. The summed E-state index contributed by atoms with van der Waals surface area (Å²) in [5.41, 5.74) is 10.2. The molecular weight excluding hydrogens is 2020 g/mol. The van der Waals surface area contributed by atoms with E-state index in [-0.39, 0.29) is 62.4 Å². The molecule has 0 aliphatic rings. The Bertz CT molecular complexity index is 4770. The first-order valence-corrected chi connectivity index (χ1v) is 51.1. The van der Waals surface area contributed by atoms with E-state index in [1.807, 2.05) is 183 Å². The van der Waals surface area contributed by atoms with E-state index in [4.69, 9.17) is 37.9 Å². The SMILES string of the molecule is C=Cc1ccc(OC(C)=O)cc1.CC(=O)Oc1ccc(/C=C/c2ccc(OCCF)c(Br)c2)cc1.CCC[CH2][Sn]([CH2]CCC)([CH2]CCC)[c]1cc(/C=C/c2ccc(OC(C)=O)cc2)ccc1OCCF.Cc1cc(/C=C/c2ccc(O)cc2)ccc1OCCF.FCCOc1ccc(I)cc1Br.Oc1ccc(/C=C/c2ccc(OCCF)c(I)c2)cc1. The molecule has 10 aromatic rings. The van der Waals surface area contributed by atoms with E-state index in [0.717, 1.165) is 77.5 Å². The number of aromatic hydroxyl groups is 2. The fraction of sp³-hybridized carbons (Fsp3) is 0.263. The molecule has 0 saturated carbocycles. The Morgan fingerprint density at radius 3 is 1.00 bits per heavy atom. The number of ether oxygens (including phenoxy) is 8. The van der Waals surface area contributed by atoms with Gasteiger partial charge in [-0.1, -0.05) is 116 Å². The van der Waals surface area contributed by atoms with Crippen LogP contribution < -0.4 is 41.5 Å². The molecule has 10 aromatic carbocycles. The van der Waals surface area contributed by atoms with Crippen molar-refractivity contribution in [2.24, 2.45) is 0 Å². The Labute approximate surface area is 763 Å². The van der Waals surface area contributed by atoms with Gasteiger partial charge in [-0.25, -0.2) is 17.6 Å². The van der Waals surface area contributed by atoms with E-state index in [1.165, 1.54) is 76.2 Å². The van der Waals surface area contributed by atoms with Gasteiger partial charge in [0.25, 0.3) is 0 Å². The molecule has 0 fully saturated rings. The van der Waals surface area contributed by atoms with Crippen molar-refractivity contribution in [3.05, 3.63) is 291 Å². The van der Waals surface area contributed by atoms with Crippen LogP contribution in [0.15, 0.2) is 228 Å². The number of benzene rings is 10. The zero-order valence-corrected chi connectivity index (χ0v) is 80.2. The maximum Gasteiger partial charge on any atom is 0.133 e. The molecule has 0 saturated heterocycles. The molecule has 0 heterocycles. The zero-order chi connectivity index (χ0) is 88.9. The molecule has 10 rings (SSSR count). The molecular formula is C99H107Br2F5I2O13Sn. The number of alkyl halides is 5. The van der Waals surface area contributed by atoms with Crippen molar-refractivity contribution in [2.45, 2.75) is 100 Å². The smallest absolute Gasteiger partial charge is 0.133 e. The minimum atomic E-state index is -2.78. The van der Waals surface area contributed by atoms with Crippen LogP contribution in [0.3, 0.4) is 0 Å². The molecule has 23 heteroatoms. The Kier molecular flexibility index (Phi) is 50.4. The number of esters is 3. The molecule has 0 bridgehead atoms. The quantitative estimate of drug-likeness (QED) is 0.00944. The zero-order valence-electron chi connectivity index (χ0n) is 69.8. The van der Waals surface area contributed by atoms with Crippen molar-refractivity contribution in [3.8, 4) is 57.5 Å². The van der Waals surface area contributed by atoms with Crippen LogP contribution in [-0.4, -0.2) is 113 Å². The second-order valence-electron chi connectivity index (χ2n) is 27.2. The first kappa shape index (κ1) is 103. The number of phenolic OH excluding ortho intramolecular Hbond substituents is 2. The second kappa shape index (κ2) is 59.5. The predicted octanol–water partition coefficient (Wildman–Crippen LogP) is 27.5. The van der Waals surface area contributed by atoms with E-state index >= 15 is 0 Å². The van der Waals surface area contributed by atoms with Gasteiger partial charge in [0.1, 0.15) is 99.1 Å². The van der Waals surface area contributed by atoms with Gasteiger partial charge < -0.3 is 38.6 Å². The topological polar surface area (TPSA) is 166 Å². The summed E-state index contributed by atoms with van der Waals surface area (Å²) in [6.45, 7) is 14.6. The van der Waals surface area contributed by atoms with Crippen LogP contribution in [0.1, 0.15) is 136 Å². The molecule has 0 aliphatic heterocycles. The summed E-state index contributed by atoms with van der Waals surface area (Å²) in [7, 11) is 0. The summed E-state index contributed by atoms with van der Waals surface area (Å²) in [6, 6.07) is 65.1. The second-order valence-corrected chi connectivity index (χ2v) is 44.5. The number of hydrogen-bond donors (Lipinski definition) is 2. The third kappa shape index (κ3) is 40.9. The minimum absolute atomic E-state index is 0.0441. The number of carbonyl (C=O) groups is 3. The molecule has 0 aromatic heterocycles. The van der Waals surface area contributed by atoms with Gasteiger partial charge >= 0.3 is 229 Å². The van der Waals surface area contributed by atoms with Gasteiger partial charge in [0.15, 0.2) is 0 Å². The van der Waals surface area contributed by atoms with Gasteiger partial charge in [0, 0.05) is 17.4 Å². The van der Waals surface area contributed by atoms with E-state index in [1.54, 1.807) is 60.7 Å². The normalized spacial score (nSPS) is 10.8. The number of halogens is 9. The predicted molar refractivity (Wildman–Crippen MR) is 515 cm³/mol. The third-order valence-corrected chi connectivity index (χ3v) is 36.0. The van der Waals surface area contributed by atoms with E-state index in [2.05, 4.69) is 135 Å². The standard InChI is InChI=1S/C18H16BrFO3.C18H16FO3.C17H17FO2.C16H14FIO2.C10H10O2.C8H7BrFIO.3C4H9.Sn/c1-13(21)23-16-7-4-14(5-8-16)2-3-15-6-9-18(17(19)12-15)22-11-10-20;1-14(20)22-18-10-6-16(7-11-18)3-2-15-4-8-17(9-5-15)21-13-12-19;1-13-12-15(6-9-17(13)20-11-10-18)3-2-14-4-7-16(19)8-5-14;17-9-10-20-16-8-5-13(11-15(16)18)2-1-12-3-6-14(19)7-4-12;1-3-9-4-6-10(7-5-9)12-8(2)11;9-7-5-6(11)1-2-8(7)12-4-3-10;3*1-3-4-2;/h2-9,12H,10-11H2,1H3;2-8,10-11H,12-13H2,1H3;2-9,12,19H,10-11H2,1H3;1-8,11,19H,9-10H2;3-7H,1H2,2H3;1-2,5H,3-4H2;3*1,3-4H2,2H3;/b3*3-2+;2-1+;;;;;;. The Morgan fingerprint density at radius 1 is 0.369 bits per heavy atom. The maximum absolute atomic E-state index is 13.1. The van der Waals surface area contributed by atoms with Gasteiger partial charge in [-0.05, 0) is 232 Å². The monoisotopic (exact) mass is 2130 g/mol. The van der Waals surface area contributed by atoms with Crippen LogP contribution in [0, 0.1) is 14.1 Å². The van der Waals surface area contributed by atoms with E-state index in [0.29, 0.717) is 40.2 Å². The molecule has 0 atom stereocenters. The number of hydrogen-bond acceptors (Lipinski definition) is 13. The van der Waals surface area contributed by atoms with Crippen LogP contribution in [0.2, 0.25) is 13.3 Å². The Morgan fingerprint density at radius 2 is 0.656 bits per heavy atom. The molecule has 2 N–H and O–H groups in total. The number of carbonyl (C=O) groups excluding carboxylic acids is 3. The van der Waals surface area contributed by atoms with Gasteiger partial charge in [-0.15, -0.1) is 0 Å². The van der Waals surface area contributed by atoms with Crippen molar-refractivity contribution in [2.75, 3.05) is 66.4 Å². The molecule has 13 nitrogen and oxygen atoms in total. The molecule has 0 spiro atoms. The summed E-state index contributed by atoms with van der Waals surface area (Å²) < 4.78 is 112. The average molecular weight is 2130 g/mol. The third-order valence-electron chi connectivity index (χ3n) is 17.6. The Balaban J connectivity index is 0.000000270.